The Morgan fingerprint density at radius 2 is 2.12 bits per heavy atom. The quantitative estimate of drug-likeness (QED) is 0.531. The van der Waals surface area contributed by atoms with Crippen molar-refractivity contribution in [2.24, 2.45) is 0 Å². The van der Waals surface area contributed by atoms with Crippen molar-refractivity contribution in [1.29, 1.82) is 0 Å². The van der Waals surface area contributed by atoms with Gasteiger partial charge in [-0.2, -0.15) is 5.10 Å². The minimum absolute atomic E-state index is 0.710. The summed E-state index contributed by atoms with van der Waals surface area (Å²) in [5.74, 6) is 0. The van der Waals surface area contributed by atoms with Gasteiger partial charge in [-0.05, 0) is 31.1 Å². The molecule has 17 heavy (non-hydrogen) atoms. The maximum Gasteiger partial charge on any atom is 0.166 e. The van der Waals surface area contributed by atoms with Crippen LogP contribution in [0, 0.1) is 0 Å². The summed E-state index contributed by atoms with van der Waals surface area (Å²) in [5, 5.41) is 11.1. The molecule has 0 saturated heterocycles. The van der Waals surface area contributed by atoms with Crippen molar-refractivity contribution in [1.82, 2.24) is 20.4 Å². The molecule has 1 aromatic heterocycles. The number of nitrogens with zero attached hydrogens (tertiary/aromatic N) is 2. The molecule has 5 nitrogen and oxygen atoms in total. The van der Waals surface area contributed by atoms with Crippen molar-refractivity contribution in [2.75, 3.05) is 26.8 Å². The molecule has 0 unspecified atom stereocenters. The largest absolute Gasteiger partial charge is 0.385 e. The Balaban J connectivity index is 1.93. The molecule has 0 saturated carbocycles. The van der Waals surface area contributed by atoms with E-state index in [4.69, 9.17) is 17.0 Å². The molecule has 0 fully saturated rings. The van der Waals surface area contributed by atoms with E-state index in [0.29, 0.717) is 5.11 Å². The molecule has 0 aromatic carbocycles. The summed E-state index contributed by atoms with van der Waals surface area (Å²) in [5.41, 5.74) is 0. The minimum atomic E-state index is 0.710. The fourth-order valence-corrected chi connectivity index (χ4v) is 1.56. The van der Waals surface area contributed by atoms with Crippen molar-refractivity contribution in [3.05, 3.63) is 18.5 Å². The monoisotopic (exact) mass is 256 g/mol. The van der Waals surface area contributed by atoms with Crippen LogP contribution in [0.2, 0.25) is 0 Å². The Bertz CT molecular complexity index is 302. The molecule has 96 valence electrons. The van der Waals surface area contributed by atoms with Crippen LogP contribution in [0.1, 0.15) is 12.8 Å². The van der Waals surface area contributed by atoms with E-state index in [-0.39, 0.29) is 0 Å². The van der Waals surface area contributed by atoms with E-state index in [1.165, 1.54) is 0 Å². The Morgan fingerprint density at radius 1 is 1.35 bits per heavy atom. The van der Waals surface area contributed by atoms with Gasteiger partial charge in [0.2, 0.25) is 0 Å². The summed E-state index contributed by atoms with van der Waals surface area (Å²) in [7, 11) is 1.70. The highest BCUT2D eigenvalue weighted by Crippen LogP contribution is 1.87. The first-order chi connectivity index (χ1) is 8.33. The van der Waals surface area contributed by atoms with E-state index in [2.05, 4.69) is 15.7 Å². The van der Waals surface area contributed by atoms with Gasteiger partial charge in [0.15, 0.2) is 5.11 Å². The van der Waals surface area contributed by atoms with Gasteiger partial charge in [0.25, 0.3) is 0 Å². The number of rotatable bonds is 8. The van der Waals surface area contributed by atoms with Gasteiger partial charge in [0.05, 0.1) is 0 Å². The van der Waals surface area contributed by atoms with Crippen molar-refractivity contribution in [3.63, 3.8) is 0 Å². The average molecular weight is 256 g/mol. The number of aromatic nitrogens is 2. The molecule has 0 aliphatic rings. The lowest BCUT2D eigenvalue weighted by atomic mass is 10.4. The normalized spacial score (nSPS) is 10.2. The van der Waals surface area contributed by atoms with Gasteiger partial charge >= 0.3 is 0 Å². The number of hydrogen-bond donors (Lipinski definition) is 2. The van der Waals surface area contributed by atoms with Crippen LogP contribution in [0.25, 0.3) is 0 Å². The van der Waals surface area contributed by atoms with Crippen molar-refractivity contribution in [3.8, 4) is 0 Å². The van der Waals surface area contributed by atoms with Gasteiger partial charge in [-0.3, -0.25) is 4.68 Å². The molecule has 2 N–H and O–H groups in total. The highest BCUT2D eigenvalue weighted by atomic mass is 32.1. The molecule has 0 spiro atoms. The maximum absolute atomic E-state index is 5.13. The zero-order valence-corrected chi connectivity index (χ0v) is 11.0. The Labute approximate surface area is 108 Å². The zero-order valence-electron chi connectivity index (χ0n) is 10.2. The van der Waals surface area contributed by atoms with Gasteiger partial charge in [0.1, 0.15) is 0 Å². The van der Waals surface area contributed by atoms with Crippen LogP contribution in [-0.2, 0) is 11.3 Å². The highest BCUT2D eigenvalue weighted by Gasteiger charge is 1.95. The van der Waals surface area contributed by atoms with Crippen LogP contribution in [0.3, 0.4) is 0 Å². The number of hydrogen-bond acceptors (Lipinski definition) is 3. The van der Waals surface area contributed by atoms with Crippen LogP contribution < -0.4 is 10.6 Å². The maximum atomic E-state index is 5.13. The smallest absolute Gasteiger partial charge is 0.166 e. The topological polar surface area (TPSA) is 51.1 Å². The molecule has 0 amide bonds. The summed E-state index contributed by atoms with van der Waals surface area (Å²) < 4.78 is 6.86. The summed E-state index contributed by atoms with van der Waals surface area (Å²) in [4.78, 5) is 0. The van der Waals surface area contributed by atoms with E-state index in [9.17, 15) is 0 Å². The molecular formula is C11H20N4OS. The van der Waals surface area contributed by atoms with Crippen molar-refractivity contribution < 1.29 is 4.74 Å². The van der Waals surface area contributed by atoms with Crippen LogP contribution in [0.5, 0.6) is 0 Å². The number of thiocarbonyl (C=S) groups is 1. The second-order valence-electron chi connectivity index (χ2n) is 3.65. The van der Waals surface area contributed by atoms with E-state index >= 15 is 0 Å². The highest BCUT2D eigenvalue weighted by molar-refractivity contribution is 7.80. The van der Waals surface area contributed by atoms with Crippen LogP contribution in [0.15, 0.2) is 18.5 Å². The Kier molecular flexibility index (Phi) is 7.33. The van der Waals surface area contributed by atoms with E-state index < -0.39 is 0 Å². The Morgan fingerprint density at radius 3 is 2.76 bits per heavy atom. The van der Waals surface area contributed by atoms with Crippen molar-refractivity contribution in [2.45, 2.75) is 19.4 Å². The fraction of sp³-hybridized carbons (Fsp3) is 0.636. The molecule has 0 aliphatic heterocycles. The van der Waals surface area contributed by atoms with Gasteiger partial charge in [0, 0.05) is 45.7 Å². The van der Waals surface area contributed by atoms with Gasteiger partial charge < -0.3 is 15.4 Å². The molecule has 0 atom stereocenters. The number of methoxy groups -OCH3 is 1. The zero-order chi connectivity index (χ0) is 12.3. The van der Waals surface area contributed by atoms with Gasteiger partial charge in [-0.1, -0.05) is 0 Å². The predicted molar refractivity (Wildman–Crippen MR) is 71.9 cm³/mol. The minimum Gasteiger partial charge on any atom is -0.385 e. The van der Waals surface area contributed by atoms with Crippen LogP contribution in [0.4, 0.5) is 0 Å². The SMILES string of the molecule is COCCCNC(=S)NCCCn1cccn1. The first-order valence-electron chi connectivity index (χ1n) is 5.81. The standard InChI is InChI=1S/C11H20N4OS/c1-16-10-4-6-13-11(17)12-5-2-8-15-9-3-7-14-15/h3,7,9H,2,4-6,8,10H2,1H3,(H2,12,13,17). The summed E-state index contributed by atoms with van der Waals surface area (Å²) >= 11 is 5.13. The Hall–Kier alpha value is -1.14. The predicted octanol–water partition coefficient (Wildman–Crippen LogP) is 0.774. The molecule has 1 aromatic rings. The van der Waals surface area contributed by atoms with E-state index in [1.807, 2.05) is 16.9 Å². The lowest BCUT2D eigenvalue weighted by Crippen LogP contribution is -2.36. The number of aryl methyl sites for hydroxylation is 1. The number of ether oxygens (including phenoxy) is 1. The van der Waals surface area contributed by atoms with Gasteiger partial charge in [-0.15, -0.1) is 0 Å². The molecular weight excluding hydrogens is 236 g/mol. The van der Waals surface area contributed by atoms with Gasteiger partial charge in [-0.25, -0.2) is 0 Å². The lowest BCUT2D eigenvalue weighted by Gasteiger charge is -2.10. The van der Waals surface area contributed by atoms with Crippen molar-refractivity contribution >= 4 is 17.3 Å². The van der Waals surface area contributed by atoms with Crippen LogP contribution in [-0.4, -0.2) is 41.7 Å². The van der Waals surface area contributed by atoms with Crippen LogP contribution >= 0.6 is 12.2 Å². The molecule has 0 radical (unpaired) electrons. The molecule has 1 heterocycles. The number of nitrogens with one attached hydrogen (secondary N) is 2. The lowest BCUT2D eigenvalue weighted by molar-refractivity contribution is 0.195. The first kappa shape index (κ1) is 13.9. The average Bonchev–Trinajstić information content (AvgIpc) is 2.83. The second-order valence-corrected chi connectivity index (χ2v) is 4.06. The summed E-state index contributed by atoms with van der Waals surface area (Å²) in [6.07, 6.45) is 5.71. The molecule has 0 aliphatic carbocycles. The fourth-order valence-electron chi connectivity index (χ4n) is 1.36. The second kappa shape index (κ2) is 8.95. The van der Waals surface area contributed by atoms with E-state index in [1.54, 1.807) is 13.3 Å². The third-order valence-electron chi connectivity index (χ3n) is 2.22. The summed E-state index contributed by atoms with van der Waals surface area (Å²) in [6, 6.07) is 1.93. The molecule has 1 rings (SSSR count). The third kappa shape index (κ3) is 6.91. The van der Waals surface area contributed by atoms with E-state index in [0.717, 1.165) is 39.1 Å². The first-order valence-corrected chi connectivity index (χ1v) is 6.22. The third-order valence-corrected chi connectivity index (χ3v) is 2.51. The summed E-state index contributed by atoms with van der Waals surface area (Å²) in [6.45, 7) is 3.37. The molecule has 6 heteroatoms. The molecule has 0 bridgehead atoms.